The number of hydrogen-bond donors (Lipinski definition) is 2. The van der Waals surface area contributed by atoms with E-state index in [2.05, 4.69) is 20.5 Å². The molecule has 0 radical (unpaired) electrons. The average molecular weight is 318 g/mol. The molecule has 1 amide bonds. The molecular formula is C17H26N4O2. The van der Waals surface area contributed by atoms with Gasteiger partial charge in [-0.15, -0.1) is 0 Å². The fourth-order valence-corrected chi connectivity index (χ4v) is 3.76. The van der Waals surface area contributed by atoms with Gasteiger partial charge in [-0.25, -0.2) is 0 Å². The van der Waals surface area contributed by atoms with E-state index in [4.69, 9.17) is 4.42 Å². The van der Waals surface area contributed by atoms with Crippen LogP contribution in [0.25, 0.3) is 0 Å². The molecule has 23 heavy (non-hydrogen) atoms. The van der Waals surface area contributed by atoms with E-state index in [1.807, 2.05) is 7.05 Å². The predicted octanol–water partition coefficient (Wildman–Crippen LogP) is 1.71. The van der Waals surface area contributed by atoms with Crippen LogP contribution in [-0.2, 0) is 0 Å². The maximum absolute atomic E-state index is 11.8. The van der Waals surface area contributed by atoms with Crippen molar-refractivity contribution in [1.29, 1.82) is 0 Å². The third-order valence-corrected chi connectivity index (χ3v) is 4.93. The summed E-state index contributed by atoms with van der Waals surface area (Å²) in [6.45, 7) is 3.43. The van der Waals surface area contributed by atoms with Gasteiger partial charge in [0, 0.05) is 33.2 Å². The molecule has 2 N–H and O–H groups in total. The number of carbonyl (C=O) groups excluding carboxylic acids is 1. The summed E-state index contributed by atoms with van der Waals surface area (Å²) in [7, 11) is 1.83. The summed E-state index contributed by atoms with van der Waals surface area (Å²) in [5.74, 6) is 2.78. The van der Waals surface area contributed by atoms with Crippen molar-refractivity contribution >= 4 is 11.9 Å². The molecule has 1 aromatic heterocycles. The zero-order valence-corrected chi connectivity index (χ0v) is 13.8. The van der Waals surface area contributed by atoms with E-state index in [-0.39, 0.29) is 5.91 Å². The van der Waals surface area contributed by atoms with E-state index >= 15 is 0 Å². The fraction of sp³-hybridized carbons (Fsp3) is 0.647. The first-order chi connectivity index (χ1) is 11.3. The molecule has 2 heterocycles. The van der Waals surface area contributed by atoms with Crippen LogP contribution in [0.15, 0.2) is 27.8 Å². The smallest absolute Gasteiger partial charge is 0.287 e. The number of fused-ring (bicyclic) bond motifs is 1. The molecular weight excluding hydrogens is 292 g/mol. The van der Waals surface area contributed by atoms with Crippen LogP contribution in [0.4, 0.5) is 0 Å². The lowest BCUT2D eigenvalue weighted by Crippen LogP contribution is -2.43. The number of amides is 1. The molecule has 0 aromatic carbocycles. The Bertz CT molecular complexity index is 527. The second-order valence-corrected chi connectivity index (χ2v) is 6.42. The normalized spacial score (nSPS) is 24.4. The van der Waals surface area contributed by atoms with Crippen LogP contribution >= 0.6 is 0 Å². The van der Waals surface area contributed by atoms with Crippen molar-refractivity contribution in [2.45, 2.75) is 25.7 Å². The van der Waals surface area contributed by atoms with Gasteiger partial charge in [0.2, 0.25) is 0 Å². The molecule has 6 nitrogen and oxygen atoms in total. The number of furan rings is 1. The molecule has 6 heteroatoms. The van der Waals surface area contributed by atoms with Crippen LogP contribution in [0.5, 0.6) is 0 Å². The first-order valence-electron chi connectivity index (χ1n) is 8.55. The third-order valence-electron chi connectivity index (χ3n) is 4.93. The Morgan fingerprint density at radius 2 is 1.96 bits per heavy atom. The van der Waals surface area contributed by atoms with E-state index in [9.17, 15) is 4.79 Å². The molecule has 2 aliphatic rings. The lowest BCUT2D eigenvalue weighted by Gasteiger charge is -2.22. The van der Waals surface area contributed by atoms with Crippen molar-refractivity contribution in [3.05, 3.63) is 24.2 Å². The Labute approximate surface area is 137 Å². The van der Waals surface area contributed by atoms with Crippen molar-refractivity contribution in [3.63, 3.8) is 0 Å². The summed E-state index contributed by atoms with van der Waals surface area (Å²) in [4.78, 5) is 18.5. The molecule has 2 unspecified atom stereocenters. The van der Waals surface area contributed by atoms with Crippen molar-refractivity contribution in [2.75, 3.05) is 33.2 Å². The van der Waals surface area contributed by atoms with E-state index < -0.39 is 0 Å². The van der Waals surface area contributed by atoms with Gasteiger partial charge in [-0.3, -0.25) is 9.79 Å². The van der Waals surface area contributed by atoms with Gasteiger partial charge in [-0.2, -0.15) is 0 Å². The SMILES string of the molecule is CN=C(NCCNC(=O)c1ccco1)N1CC2CCCCC2C1. The number of likely N-dealkylation sites (tertiary alicyclic amines) is 1. The highest BCUT2D eigenvalue weighted by atomic mass is 16.3. The zero-order chi connectivity index (χ0) is 16.1. The molecule has 1 saturated carbocycles. The summed E-state index contributed by atoms with van der Waals surface area (Å²) in [6, 6.07) is 3.37. The Kier molecular flexibility index (Phi) is 5.20. The van der Waals surface area contributed by atoms with Crippen LogP contribution in [0.1, 0.15) is 36.2 Å². The summed E-state index contributed by atoms with van der Waals surface area (Å²) in [6.07, 6.45) is 6.97. The minimum Gasteiger partial charge on any atom is -0.459 e. The maximum Gasteiger partial charge on any atom is 0.287 e. The molecule has 0 spiro atoms. The summed E-state index contributed by atoms with van der Waals surface area (Å²) in [5, 5.41) is 6.19. The zero-order valence-electron chi connectivity index (χ0n) is 13.8. The minimum atomic E-state index is -0.182. The van der Waals surface area contributed by atoms with E-state index in [0.717, 1.165) is 30.9 Å². The number of hydrogen-bond acceptors (Lipinski definition) is 3. The van der Waals surface area contributed by atoms with E-state index in [1.165, 1.54) is 31.9 Å². The summed E-state index contributed by atoms with van der Waals surface area (Å²) in [5.41, 5.74) is 0. The van der Waals surface area contributed by atoms with E-state index in [0.29, 0.717) is 18.8 Å². The molecule has 3 rings (SSSR count). The Balaban J connectivity index is 1.41. The highest BCUT2D eigenvalue weighted by Crippen LogP contribution is 2.35. The fourth-order valence-electron chi connectivity index (χ4n) is 3.76. The number of carbonyl (C=O) groups is 1. The average Bonchev–Trinajstić information content (AvgIpc) is 3.24. The molecule has 1 aliphatic carbocycles. The predicted molar refractivity (Wildman–Crippen MR) is 89.4 cm³/mol. The van der Waals surface area contributed by atoms with E-state index in [1.54, 1.807) is 12.1 Å². The van der Waals surface area contributed by atoms with Gasteiger partial charge < -0.3 is 20.0 Å². The van der Waals surface area contributed by atoms with Crippen molar-refractivity contribution in [2.24, 2.45) is 16.8 Å². The number of nitrogens with one attached hydrogen (secondary N) is 2. The number of guanidine groups is 1. The molecule has 2 atom stereocenters. The lowest BCUT2D eigenvalue weighted by molar-refractivity contribution is 0.0926. The van der Waals surface area contributed by atoms with Crippen molar-refractivity contribution < 1.29 is 9.21 Å². The number of rotatable bonds is 4. The second-order valence-electron chi connectivity index (χ2n) is 6.42. The van der Waals surface area contributed by atoms with Crippen molar-refractivity contribution in [3.8, 4) is 0 Å². The molecule has 1 aromatic rings. The Morgan fingerprint density at radius 1 is 1.26 bits per heavy atom. The first kappa shape index (κ1) is 15.9. The van der Waals surface area contributed by atoms with Crippen LogP contribution in [0.2, 0.25) is 0 Å². The highest BCUT2D eigenvalue weighted by molar-refractivity contribution is 5.91. The van der Waals surface area contributed by atoms with Gasteiger partial charge in [-0.1, -0.05) is 12.8 Å². The van der Waals surface area contributed by atoms with Crippen LogP contribution in [-0.4, -0.2) is 50.0 Å². The van der Waals surface area contributed by atoms with Gasteiger partial charge in [-0.05, 0) is 36.8 Å². The summed E-state index contributed by atoms with van der Waals surface area (Å²) >= 11 is 0. The van der Waals surface area contributed by atoms with Crippen LogP contribution in [0.3, 0.4) is 0 Å². The topological polar surface area (TPSA) is 69.9 Å². The van der Waals surface area contributed by atoms with Crippen LogP contribution in [0, 0.1) is 11.8 Å². The molecule has 0 bridgehead atoms. The van der Waals surface area contributed by atoms with Gasteiger partial charge in [0.1, 0.15) is 0 Å². The number of nitrogens with zero attached hydrogens (tertiary/aromatic N) is 2. The first-order valence-corrected chi connectivity index (χ1v) is 8.55. The van der Waals surface area contributed by atoms with Crippen LogP contribution < -0.4 is 10.6 Å². The molecule has 2 fully saturated rings. The Hall–Kier alpha value is -1.98. The quantitative estimate of drug-likeness (QED) is 0.504. The third kappa shape index (κ3) is 3.86. The second kappa shape index (κ2) is 7.53. The van der Waals surface area contributed by atoms with Gasteiger partial charge in [0.05, 0.1) is 6.26 Å². The molecule has 126 valence electrons. The lowest BCUT2D eigenvalue weighted by atomic mass is 9.82. The minimum absolute atomic E-state index is 0.182. The van der Waals surface area contributed by atoms with Gasteiger partial charge >= 0.3 is 0 Å². The standard InChI is InChI=1S/C17H26N4O2/c1-18-17(21-11-13-5-2-3-6-14(13)12-21)20-9-8-19-16(22)15-7-4-10-23-15/h4,7,10,13-14H,2-3,5-6,8-9,11-12H2,1H3,(H,18,20)(H,19,22). The Morgan fingerprint density at radius 3 is 2.57 bits per heavy atom. The van der Waals surface area contributed by atoms with Gasteiger partial charge in [0.15, 0.2) is 11.7 Å². The number of aliphatic imine (C=N–C) groups is 1. The summed E-state index contributed by atoms with van der Waals surface area (Å²) < 4.78 is 5.07. The monoisotopic (exact) mass is 318 g/mol. The van der Waals surface area contributed by atoms with Gasteiger partial charge in [0.25, 0.3) is 5.91 Å². The largest absolute Gasteiger partial charge is 0.459 e. The highest BCUT2D eigenvalue weighted by Gasteiger charge is 2.35. The maximum atomic E-state index is 11.8. The van der Waals surface area contributed by atoms with Crippen molar-refractivity contribution in [1.82, 2.24) is 15.5 Å². The molecule has 1 aliphatic heterocycles. The molecule has 1 saturated heterocycles.